The zero-order valence-corrected chi connectivity index (χ0v) is 18.0. The van der Waals surface area contributed by atoms with Crippen LogP contribution in [0.2, 0.25) is 5.02 Å². The lowest BCUT2D eigenvalue weighted by Gasteiger charge is -2.54. The van der Waals surface area contributed by atoms with Gasteiger partial charge in [-0.2, -0.15) is 0 Å². The Hall–Kier alpha value is -2.13. The molecule has 0 saturated carbocycles. The van der Waals surface area contributed by atoms with E-state index in [1.165, 1.54) is 42.6 Å². The Morgan fingerprint density at radius 1 is 0.800 bits per heavy atom. The number of piperidine rings is 3. The molecule has 0 aromatic heterocycles. The molecule has 30 heavy (non-hydrogen) atoms. The first-order valence-corrected chi connectivity index (χ1v) is 11.5. The van der Waals surface area contributed by atoms with Crippen molar-refractivity contribution < 1.29 is 0 Å². The Kier molecular flexibility index (Phi) is 5.90. The van der Waals surface area contributed by atoms with E-state index in [4.69, 9.17) is 11.6 Å². The number of rotatable bonds is 6. The van der Waals surface area contributed by atoms with Gasteiger partial charge in [-0.25, -0.2) is 0 Å². The second kappa shape index (κ2) is 8.93. The average molecular weight is 417 g/mol. The molecule has 0 aliphatic carbocycles. The highest BCUT2D eigenvalue weighted by molar-refractivity contribution is 6.30. The summed E-state index contributed by atoms with van der Waals surface area (Å²) in [5.41, 5.74) is 4.13. The maximum Gasteiger partial charge on any atom is 0.0406 e. The summed E-state index contributed by atoms with van der Waals surface area (Å²) in [6, 6.07) is 31.4. The number of hydrogen-bond acceptors (Lipinski definition) is 2. The molecule has 2 atom stereocenters. The van der Waals surface area contributed by atoms with E-state index in [2.05, 4.69) is 83.0 Å². The number of halogens is 1. The van der Waals surface area contributed by atoms with E-state index in [0.29, 0.717) is 18.0 Å². The van der Waals surface area contributed by atoms with Crippen molar-refractivity contribution in [2.24, 2.45) is 5.92 Å². The molecule has 0 radical (unpaired) electrons. The third-order valence-electron chi connectivity index (χ3n) is 6.99. The van der Waals surface area contributed by atoms with Crippen LogP contribution in [0.3, 0.4) is 0 Å². The second-order valence-corrected chi connectivity index (χ2v) is 9.13. The van der Waals surface area contributed by atoms with Gasteiger partial charge in [0.25, 0.3) is 0 Å². The van der Waals surface area contributed by atoms with Crippen molar-refractivity contribution in [3.8, 4) is 0 Å². The van der Waals surface area contributed by atoms with Crippen molar-refractivity contribution in [2.45, 2.75) is 37.4 Å². The summed E-state index contributed by atoms with van der Waals surface area (Å²) >= 11 is 6.09. The molecule has 3 heteroatoms. The molecule has 3 heterocycles. The van der Waals surface area contributed by atoms with E-state index in [-0.39, 0.29) is 0 Å². The molecule has 154 valence electrons. The number of hydrogen-bond donors (Lipinski definition) is 1. The molecular weight excluding hydrogens is 388 g/mol. The lowest BCUT2D eigenvalue weighted by atomic mass is 9.70. The summed E-state index contributed by atoms with van der Waals surface area (Å²) in [5.74, 6) is 1.11. The highest BCUT2D eigenvalue weighted by atomic mass is 35.5. The van der Waals surface area contributed by atoms with Crippen molar-refractivity contribution in [2.75, 3.05) is 13.1 Å². The molecule has 3 aliphatic rings. The van der Waals surface area contributed by atoms with Crippen LogP contribution in [-0.2, 0) is 6.54 Å². The Labute approximate surface area is 184 Å². The summed E-state index contributed by atoms with van der Waals surface area (Å²) in [6.45, 7) is 3.31. The second-order valence-electron chi connectivity index (χ2n) is 8.70. The van der Waals surface area contributed by atoms with Crippen molar-refractivity contribution in [3.05, 3.63) is 107 Å². The van der Waals surface area contributed by atoms with Crippen molar-refractivity contribution in [3.63, 3.8) is 0 Å². The largest absolute Gasteiger partial charge is 0.308 e. The number of benzene rings is 3. The molecule has 6 rings (SSSR count). The van der Waals surface area contributed by atoms with Crippen LogP contribution in [0.4, 0.5) is 0 Å². The molecule has 3 fully saturated rings. The molecule has 2 nitrogen and oxygen atoms in total. The van der Waals surface area contributed by atoms with Crippen LogP contribution >= 0.6 is 11.6 Å². The summed E-state index contributed by atoms with van der Waals surface area (Å²) in [6.07, 6.45) is 2.59. The maximum absolute atomic E-state index is 6.09. The van der Waals surface area contributed by atoms with Crippen LogP contribution in [-0.4, -0.2) is 30.1 Å². The van der Waals surface area contributed by atoms with E-state index >= 15 is 0 Å². The van der Waals surface area contributed by atoms with Crippen LogP contribution < -0.4 is 5.32 Å². The fraction of sp³-hybridized carbons (Fsp3) is 0.333. The van der Waals surface area contributed by atoms with E-state index < -0.39 is 0 Å². The molecule has 3 aromatic carbocycles. The van der Waals surface area contributed by atoms with E-state index in [9.17, 15) is 0 Å². The van der Waals surface area contributed by atoms with E-state index in [1.807, 2.05) is 12.1 Å². The first-order valence-electron chi connectivity index (χ1n) is 11.1. The third kappa shape index (κ3) is 4.05. The lowest BCUT2D eigenvalue weighted by molar-refractivity contribution is 0.00468. The van der Waals surface area contributed by atoms with Crippen molar-refractivity contribution >= 4 is 11.6 Å². The quantitative estimate of drug-likeness (QED) is 0.552. The average Bonchev–Trinajstić information content (AvgIpc) is 2.82. The summed E-state index contributed by atoms with van der Waals surface area (Å²) in [5, 5.41) is 4.77. The normalized spacial score (nSPS) is 25.5. The molecule has 2 bridgehead atoms. The van der Waals surface area contributed by atoms with E-state index in [0.717, 1.165) is 17.5 Å². The fourth-order valence-corrected chi connectivity index (χ4v) is 5.66. The maximum atomic E-state index is 6.09. The lowest BCUT2D eigenvalue weighted by Crippen LogP contribution is -2.64. The minimum atomic E-state index is 0.373. The van der Waals surface area contributed by atoms with Crippen molar-refractivity contribution in [1.29, 1.82) is 0 Å². The molecule has 3 aliphatic heterocycles. The van der Waals surface area contributed by atoms with Crippen LogP contribution in [0.5, 0.6) is 0 Å². The van der Waals surface area contributed by atoms with Gasteiger partial charge in [0.15, 0.2) is 0 Å². The Balaban J connectivity index is 1.48. The first kappa shape index (κ1) is 19.8. The molecule has 3 aromatic rings. The van der Waals surface area contributed by atoms with Crippen LogP contribution in [0.1, 0.15) is 35.4 Å². The SMILES string of the molecule is Clc1ccc(CNC2C3CCN(CC3)C2C(c2ccccc2)c2ccccc2)cc1. The van der Waals surface area contributed by atoms with E-state index in [1.54, 1.807) is 0 Å². The molecule has 1 N–H and O–H groups in total. The standard InChI is InChI=1S/C27H29ClN2/c28-24-13-11-20(12-14-24)19-29-26-23-15-17-30(18-16-23)27(26)25(21-7-3-1-4-8-21)22-9-5-2-6-10-22/h1-14,23,25-27,29H,15-19H2. The predicted molar refractivity (Wildman–Crippen MR) is 125 cm³/mol. The highest BCUT2D eigenvalue weighted by Gasteiger charge is 2.46. The smallest absolute Gasteiger partial charge is 0.0406 e. The summed E-state index contributed by atoms with van der Waals surface area (Å²) in [4.78, 5) is 2.74. The minimum absolute atomic E-state index is 0.373. The van der Waals surface area contributed by atoms with Gasteiger partial charge in [0, 0.05) is 29.6 Å². The predicted octanol–water partition coefficient (Wildman–Crippen LogP) is 5.72. The Morgan fingerprint density at radius 3 is 1.93 bits per heavy atom. The molecule has 3 saturated heterocycles. The number of fused-ring (bicyclic) bond motifs is 3. The number of nitrogens with zero attached hydrogens (tertiary/aromatic N) is 1. The van der Waals surface area contributed by atoms with Gasteiger partial charge in [-0.05, 0) is 60.7 Å². The topological polar surface area (TPSA) is 15.3 Å². The molecule has 0 amide bonds. The zero-order valence-electron chi connectivity index (χ0n) is 17.3. The van der Waals surface area contributed by atoms with Gasteiger partial charge in [-0.15, -0.1) is 0 Å². The number of nitrogens with one attached hydrogen (secondary N) is 1. The van der Waals surface area contributed by atoms with Gasteiger partial charge < -0.3 is 5.32 Å². The molecular formula is C27H29ClN2. The zero-order chi connectivity index (χ0) is 20.3. The Morgan fingerprint density at radius 2 is 1.37 bits per heavy atom. The molecule has 0 spiro atoms. The molecule has 2 unspecified atom stereocenters. The highest BCUT2D eigenvalue weighted by Crippen LogP contribution is 2.42. The Bertz CT molecular complexity index is 894. The van der Waals surface area contributed by atoms with Gasteiger partial charge in [-0.3, -0.25) is 4.90 Å². The van der Waals surface area contributed by atoms with Gasteiger partial charge in [-0.1, -0.05) is 84.4 Å². The fourth-order valence-electron chi connectivity index (χ4n) is 5.53. The summed E-state index contributed by atoms with van der Waals surface area (Å²) < 4.78 is 0. The van der Waals surface area contributed by atoms with Crippen LogP contribution in [0.25, 0.3) is 0 Å². The van der Waals surface area contributed by atoms with Crippen LogP contribution in [0.15, 0.2) is 84.9 Å². The summed E-state index contributed by atoms with van der Waals surface area (Å²) in [7, 11) is 0. The van der Waals surface area contributed by atoms with Gasteiger partial charge >= 0.3 is 0 Å². The third-order valence-corrected chi connectivity index (χ3v) is 7.24. The van der Waals surface area contributed by atoms with Gasteiger partial charge in [0.05, 0.1) is 0 Å². The van der Waals surface area contributed by atoms with Crippen LogP contribution in [0, 0.1) is 5.92 Å². The van der Waals surface area contributed by atoms with Gasteiger partial charge in [0.1, 0.15) is 0 Å². The minimum Gasteiger partial charge on any atom is -0.308 e. The van der Waals surface area contributed by atoms with Crippen molar-refractivity contribution in [1.82, 2.24) is 10.2 Å². The monoisotopic (exact) mass is 416 g/mol. The van der Waals surface area contributed by atoms with Gasteiger partial charge in [0.2, 0.25) is 0 Å². The first-order chi connectivity index (χ1) is 14.8.